The molecule has 0 radical (unpaired) electrons. The lowest BCUT2D eigenvalue weighted by molar-refractivity contribution is -0.151. The lowest BCUT2D eigenvalue weighted by Gasteiger charge is -2.35. The molecule has 6 atom stereocenters. The molecule has 3 aliphatic carbocycles. The van der Waals surface area contributed by atoms with Gasteiger partial charge in [-0.1, -0.05) is 25.0 Å². The van der Waals surface area contributed by atoms with Gasteiger partial charge in [-0.25, -0.2) is 0 Å². The van der Waals surface area contributed by atoms with Crippen LogP contribution in [0.1, 0.15) is 38.5 Å². The van der Waals surface area contributed by atoms with E-state index in [-0.39, 0.29) is 23.7 Å². The van der Waals surface area contributed by atoms with E-state index in [0.29, 0.717) is 12.0 Å². The van der Waals surface area contributed by atoms with E-state index in [2.05, 4.69) is 11.0 Å². The molecular weight excluding hydrogens is 266 g/mol. The summed E-state index contributed by atoms with van der Waals surface area (Å²) in [5.74, 6) is -0.552. The van der Waals surface area contributed by atoms with Gasteiger partial charge in [0.1, 0.15) is 0 Å². The number of hydrogen-bond acceptors (Lipinski definition) is 2. The largest absolute Gasteiger partial charge is 0.481 e. The first kappa shape index (κ1) is 13.4. The summed E-state index contributed by atoms with van der Waals surface area (Å²) >= 11 is 0. The molecule has 0 aromatic heterocycles. The van der Waals surface area contributed by atoms with Crippen LogP contribution in [-0.4, -0.2) is 34.5 Å². The lowest BCUT2D eigenvalue weighted by Crippen LogP contribution is -2.46. The number of carbonyl (C=O) groups excluding carboxylic acids is 1. The van der Waals surface area contributed by atoms with Gasteiger partial charge in [-0.2, -0.15) is 0 Å². The maximum absolute atomic E-state index is 13.0. The molecule has 4 rings (SSSR count). The molecule has 114 valence electrons. The molecule has 3 fully saturated rings. The molecule has 1 aliphatic heterocycles. The van der Waals surface area contributed by atoms with Crippen LogP contribution in [0.4, 0.5) is 0 Å². The molecule has 4 heteroatoms. The van der Waals surface area contributed by atoms with E-state index in [1.165, 1.54) is 19.3 Å². The van der Waals surface area contributed by atoms with Crippen molar-refractivity contribution in [3.8, 4) is 0 Å². The Labute approximate surface area is 125 Å². The lowest BCUT2D eigenvalue weighted by atomic mass is 9.81. The minimum atomic E-state index is -0.787. The molecule has 4 unspecified atom stereocenters. The third-order valence-corrected chi connectivity index (χ3v) is 6.32. The second-order valence-corrected chi connectivity index (χ2v) is 7.27. The Morgan fingerprint density at radius 2 is 1.71 bits per heavy atom. The van der Waals surface area contributed by atoms with Gasteiger partial charge in [-0.15, -0.1) is 0 Å². The van der Waals surface area contributed by atoms with Gasteiger partial charge in [-0.3, -0.25) is 9.59 Å². The predicted octanol–water partition coefficient (Wildman–Crippen LogP) is 2.30. The quantitative estimate of drug-likeness (QED) is 0.794. The number of amides is 1. The molecule has 1 amide bonds. The molecule has 1 saturated heterocycles. The fraction of sp³-hybridized carbons (Fsp3) is 0.765. The van der Waals surface area contributed by atoms with Gasteiger partial charge < -0.3 is 10.0 Å². The second kappa shape index (κ2) is 4.85. The number of carbonyl (C=O) groups is 2. The second-order valence-electron chi connectivity index (χ2n) is 7.27. The van der Waals surface area contributed by atoms with Crippen LogP contribution in [-0.2, 0) is 9.59 Å². The topological polar surface area (TPSA) is 57.6 Å². The number of hydrogen-bond donors (Lipinski definition) is 1. The molecule has 2 bridgehead atoms. The highest BCUT2D eigenvalue weighted by Gasteiger charge is 2.54. The van der Waals surface area contributed by atoms with Gasteiger partial charge >= 0.3 is 5.97 Å². The van der Waals surface area contributed by atoms with Gasteiger partial charge in [0.2, 0.25) is 5.91 Å². The number of carboxylic acids is 1. The van der Waals surface area contributed by atoms with Crippen LogP contribution in [0.25, 0.3) is 0 Å². The first-order valence-corrected chi connectivity index (χ1v) is 8.38. The standard InChI is InChI=1S/C17H23NO3/c19-16(18-8-7-10-3-1-2-4-13(10)18)14-11-5-6-12(9-11)15(14)17(20)21/h5-6,10-15H,1-4,7-9H2,(H,20,21)/t10?,11?,12?,13?,14-,15+/m0/s1. The Hall–Kier alpha value is -1.32. The van der Waals surface area contributed by atoms with Crippen LogP contribution >= 0.6 is 0 Å². The Bertz CT molecular complexity index is 500. The minimum absolute atomic E-state index is 0.0752. The molecule has 0 aromatic carbocycles. The van der Waals surface area contributed by atoms with Crippen molar-refractivity contribution in [2.45, 2.75) is 44.6 Å². The fourth-order valence-electron chi connectivity index (χ4n) is 5.37. The fourth-order valence-corrected chi connectivity index (χ4v) is 5.37. The molecule has 4 nitrogen and oxygen atoms in total. The van der Waals surface area contributed by atoms with Gasteiger partial charge in [0.15, 0.2) is 0 Å². The summed E-state index contributed by atoms with van der Waals surface area (Å²) in [6.45, 7) is 0.845. The van der Waals surface area contributed by atoms with E-state index in [1.807, 2.05) is 6.08 Å². The van der Waals surface area contributed by atoms with Crippen LogP contribution in [0, 0.1) is 29.6 Å². The maximum Gasteiger partial charge on any atom is 0.307 e. The first-order valence-electron chi connectivity index (χ1n) is 8.38. The molecule has 2 saturated carbocycles. The highest BCUT2D eigenvalue weighted by Crippen LogP contribution is 2.50. The Kier molecular flexibility index (Phi) is 3.09. The van der Waals surface area contributed by atoms with Crippen molar-refractivity contribution in [3.05, 3.63) is 12.2 Å². The number of likely N-dealkylation sites (tertiary alicyclic amines) is 1. The van der Waals surface area contributed by atoms with Crippen LogP contribution in [0.15, 0.2) is 12.2 Å². The summed E-state index contributed by atoms with van der Waals surface area (Å²) < 4.78 is 0. The summed E-state index contributed by atoms with van der Waals surface area (Å²) in [7, 11) is 0. The molecule has 21 heavy (non-hydrogen) atoms. The summed E-state index contributed by atoms with van der Waals surface area (Å²) in [4.78, 5) is 26.7. The average molecular weight is 289 g/mol. The molecule has 1 N–H and O–H groups in total. The number of carboxylic acid groups (broad SMARTS) is 1. The van der Waals surface area contributed by atoms with E-state index in [0.717, 1.165) is 25.8 Å². The highest BCUT2D eigenvalue weighted by molar-refractivity contribution is 5.87. The van der Waals surface area contributed by atoms with Gasteiger partial charge in [0.05, 0.1) is 11.8 Å². The van der Waals surface area contributed by atoms with Gasteiger partial charge in [-0.05, 0) is 43.4 Å². The Morgan fingerprint density at radius 1 is 1.00 bits per heavy atom. The number of fused-ring (bicyclic) bond motifs is 3. The van der Waals surface area contributed by atoms with Gasteiger partial charge in [0.25, 0.3) is 0 Å². The highest BCUT2D eigenvalue weighted by atomic mass is 16.4. The van der Waals surface area contributed by atoms with E-state index in [9.17, 15) is 14.7 Å². The van der Waals surface area contributed by atoms with Gasteiger partial charge in [0, 0.05) is 12.6 Å². The van der Waals surface area contributed by atoms with E-state index in [4.69, 9.17) is 0 Å². The van der Waals surface area contributed by atoms with Crippen molar-refractivity contribution in [1.29, 1.82) is 0 Å². The SMILES string of the molecule is O=C(O)[C@@H]1C2C=CC(C2)[C@@H]1C(=O)N1CCC2CCCCC21. The van der Waals surface area contributed by atoms with Crippen LogP contribution < -0.4 is 0 Å². The number of allylic oxidation sites excluding steroid dienone is 2. The zero-order chi connectivity index (χ0) is 14.6. The summed E-state index contributed by atoms with van der Waals surface area (Å²) in [6, 6.07) is 0.392. The third kappa shape index (κ3) is 1.95. The maximum atomic E-state index is 13.0. The van der Waals surface area contributed by atoms with E-state index in [1.54, 1.807) is 0 Å². The van der Waals surface area contributed by atoms with Crippen LogP contribution in [0.5, 0.6) is 0 Å². The van der Waals surface area contributed by atoms with Crippen molar-refractivity contribution in [2.75, 3.05) is 6.54 Å². The third-order valence-electron chi connectivity index (χ3n) is 6.32. The van der Waals surface area contributed by atoms with Crippen molar-refractivity contribution in [2.24, 2.45) is 29.6 Å². The smallest absolute Gasteiger partial charge is 0.307 e. The monoisotopic (exact) mass is 289 g/mol. The zero-order valence-corrected chi connectivity index (χ0v) is 12.3. The van der Waals surface area contributed by atoms with Crippen molar-refractivity contribution < 1.29 is 14.7 Å². The number of nitrogens with zero attached hydrogens (tertiary/aromatic N) is 1. The average Bonchev–Trinajstić information content (AvgIpc) is 3.19. The zero-order valence-electron chi connectivity index (χ0n) is 12.3. The molecular formula is C17H23NO3. The molecule has 0 aromatic rings. The minimum Gasteiger partial charge on any atom is -0.481 e. The normalized spacial score (nSPS) is 44.1. The Morgan fingerprint density at radius 3 is 2.48 bits per heavy atom. The van der Waals surface area contributed by atoms with Crippen molar-refractivity contribution in [3.63, 3.8) is 0 Å². The van der Waals surface area contributed by atoms with E-state index >= 15 is 0 Å². The molecule has 1 heterocycles. The predicted molar refractivity (Wildman–Crippen MR) is 77.4 cm³/mol. The van der Waals surface area contributed by atoms with Crippen molar-refractivity contribution >= 4 is 11.9 Å². The first-order chi connectivity index (χ1) is 10.2. The molecule has 4 aliphatic rings. The van der Waals surface area contributed by atoms with E-state index < -0.39 is 11.9 Å². The number of rotatable bonds is 2. The van der Waals surface area contributed by atoms with Crippen LogP contribution in [0.3, 0.4) is 0 Å². The van der Waals surface area contributed by atoms with Crippen LogP contribution in [0.2, 0.25) is 0 Å². The Balaban J connectivity index is 1.57. The summed E-state index contributed by atoms with van der Waals surface area (Å²) in [5.41, 5.74) is 0. The summed E-state index contributed by atoms with van der Waals surface area (Å²) in [6.07, 6.45) is 10.9. The van der Waals surface area contributed by atoms with Crippen molar-refractivity contribution in [1.82, 2.24) is 4.90 Å². The summed E-state index contributed by atoms with van der Waals surface area (Å²) in [5, 5.41) is 9.53. The molecule has 0 spiro atoms. The number of aliphatic carboxylic acids is 1.